The molecule has 0 radical (unpaired) electrons. The lowest BCUT2D eigenvalue weighted by Gasteiger charge is -2.25. The molecule has 2 aromatic rings. The lowest BCUT2D eigenvalue weighted by molar-refractivity contribution is -0.131. The Balaban J connectivity index is 1.91. The standard InChI is InChI=1S/C19H25N3O/c1-21(14-17-8-4-2-5-9-17)19(23)16-22(13-12-20)15-18-10-6-3-7-11-18/h2-11H,12-16,20H2,1H3. The number of nitrogens with two attached hydrogens (primary N) is 1. The molecule has 23 heavy (non-hydrogen) atoms. The van der Waals surface area contributed by atoms with Gasteiger partial charge >= 0.3 is 0 Å². The second-order valence-corrected chi connectivity index (χ2v) is 5.72. The van der Waals surface area contributed by atoms with Gasteiger partial charge < -0.3 is 10.6 Å². The smallest absolute Gasteiger partial charge is 0.236 e. The number of nitrogens with zero attached hydrogens (tertiary/aromatic N) is 2. The Morgan fingerprint density at radius 2 is 1.43 bits per heavy atom. The maximum atomic E-state index is 12.5. The van der Waals surface area contributed by atoms with Gasteiger partial charge in [-0.1, -0.05) is 60.7 Å². The summed E-state index contributed by atoms with van der Waals surface area (Å²) in [7, 11) is 1.85. The van der Waals surface area contributed by atoms with Crippen LogP contribution in [0.25, 0.3) is 0 Å². The van der Waals surface area contributed by atoms with Crippen molar-refractivity contribution in [1.82, 2.24) is 9.80 Å². The molecule has 4 nitrogen and oxygen atoms in total. The van der Waals surface area contributed by atoms with E-state index in [-0.39, 0.29) is 5.91 Å². The minimum Gasteiger partial charge on any atom is -0.340 e. The van der Waals surface area contributed by atoms with E-state index in [1.54, 1.807) is 4.90 Å². The maximum Gasteiger partial charge on any atom is 0.236 e. The van der Waals surface area contributed by atoms with Crippen molar-refractivity contribution < 1.29 is 4.79 Å². The maximum absolute atomic E-state index is 12.5. The Morgan fingerprint density at radius 3 is 1.96 bits per heavy atom. The number of likely N-dealkylation sites (N-methyl/N-ethyl adjacent to an activating group) is 1. The molecule has 0 atom stereocenters. The fourth-order valence-corrected chi connectivity index (χ4v) is 2.50. The third kappa shape index (κ3) is 5.85. The van der Waals surface area contributed by atoms with Crippen LogP contribution in [0, 0.1) is 0 Å². The lowest BCUT2D eigenvalue weighted by Crippen LogP contribution is -2.39. The summed E-state index contributed by atoms with van der Waals surface area (Å²) >= 11 is 0. The predicted molar refractivity (Wildman–Crippen MR) is 93.7 cm³/mol. The summed E-state index contributed by atoms with van der Waals surface area (Å²) in [6.45, 7) is 3.00. The summed E-state index contributed by atoms with van der Waals surface area (Å²) in [4.78, 5) is 16.3. The Bertz CT molecular complexity index is 586. The van der Waals surface area contributed by atoms with Crippen LogP contribution in [0.1, 0.15) is 11.1 Å². The quantitative estimate of drug-likeness (QED) is 0.812. The molecule has 0 saturated carbocycles. The highest BCUT2D eigenvalue weighted by Crippen LogP contribution is 2.06. The van der Waals surface area contributed by atoms with Crippen LogP contribution < -0.4 is 5.73 Å². The van der Waals surface area contributed by atoms with Gasteiger partial charge in [0.25, 0.3) is 0 Å². The minimum atomic E-state index is 0.109. The Hall–Kier alpha value is -2.17. The second kappa shape index (κ2) is 9.08. The molecule has 2 aromatic carbocycles. The summed E-state index contributed by atoms with van der Waals surface area (Å²) < 4.78 is 0. The molecule has 0 saturated heterocycles. The largest absolute Gasteiger partial charge is 0.340 e. The average molecular weight is 311 g/mol. The fraction of sp³-hybridized carbons (Fsp3) is 0.316. The molecule has 2 N–H and O–H groups in total. The van der Waals surface area contributed by atoms with Gasteiger partial charge in [0.1, 0.15) is 0 Å². The van der Waals surface area contributed by atoms with E-state index < -0.39 is 0 Å². The van der Waals surface area contributed by atoms with Gasteiger partial charge in [-0.2, -0.15) is 0 Å². The van der Waals surface area contributed by atoms with Crippen molar-refractivity contribution in [1.29, 1.82) is 0 Å². The summed E-state index contributed by atoms with van der Waals surface area (Å²) in [5.74, 6) is 0.109. The predicted octanol–water partition coefficient (Wildman–Crippen LogP) is 2.11. The number of carbonyl (C=O) groups excluding carboxylic acids is 1. The molecule has 0 fully saturated rings. The molecule has 0 bridgehead atoms. The number of carbonyl (C=O) groups is 1. The van der Waals surface area contributed by atoms with Crippen molar-refractivity contribution in [2.45, 2.75) is 13.1 Å². The van der Waals surface area contributed by atoms with E-state index in [0.717, 1.165) is 12.1 Å². The first-order valence-electron chi connectivity index (χ1n) is 7.93. The third-order valence-corrected chi connectivity index (χ3v) is 3.74. The van der Waals surface area contributed by atoms with Gasteiger partial charge in [0.2, 0.25) is 5.91 Å². The number of amides is 1. The molecule has 0 unspecified atom stereocenters. The van der Waals surface area contributed by atoms with Gasteiger partial charge in [-0.15, -0.1) is 0 Å². The van der Waals surface area contributed by atoms with Crippen LogP contribution in [-0.2, 0) is 17.9 Å². The summed E-state index contributed by atoms with van der Waals surface area (Å²) in [5.41, 5.74) is 8.02. The number of hydrogen-bond acceptors (Lipinski definition) is 3. The average Bonchev–Trinajstić information content (AvgIpc) is 2.57. The zero-order chi connectivity index (χ0) is 16.5. The highest BCUT2D eigenvalue weighted by Gasteiger charge is 2.14. The van der Waals surface area contributed by atoms with E-state index in [9.17, 15) is 4.79 Å². The van der Waals surface area contributed by atoms with Crippen LogP contribution in [0.5, 0.6) is 0 Å². The highest BCUT2D eigenvalue weighted by atomic mass is 16.2. The van der Waals surface area contributed by atoms with Gasteiger partial charge in [-0.3, -0.25) is 9.69 Å². The van der Waals surface area contributed by atoms with Gasteiger partial charge in [-0.25, -0.2) is 0 Å². The molecular weight excluding hydrogens is 286 g/mol. The molecule has 0 spiro atoms. The van der Waals surface area contributed by atoms with Gasteiger partial charge in [0, 0.05) is 33.2 Å². The number of hydrogen-bond donors (Lipinski definition) is 1. The molecule has 0 aliphatic rings. The van der Waals surface area contributed by atoms with E-state index in [0.29, 0.717) is 26.2 Å². The normalized spacial score (nSPS) is 10.7. The van der Waals surface area contributed by atoms with Crippen molar-refractivity contribution in [2.75, 3.05) is 26.7 Å². The van der Waals surface area contributed by atoms with Crippen molar-refractivity contribution >= 4 is 5.91 Å². The van der Waals surface area contributed by atoms with E-state index in [1.165, 1.54) is 5.56 Å². The highest BCUT2D eigenvalue weighted by molar-refractivity contribution is 5.78. The van der Waals surface area contributed by atoms with E-state index in [4.69, 9.17) is 5.73 Å². The van der Waals surface area contributed by atoms with Crippen LogP contribution in [0.2, 0.25) is 0 Å². The van der Waals surface area contributed by atoms with Crippen LogP contribution in [0.4, 0.5) is 0 Å². The SMILES string of the molecule is CN(Cc1ccccc1)C(=O)CN(CCN)Cc1ccccc1. The fourth-order valence-electron chi connectivity index (χ4n) is 2.50. The van der Waals surface area contributed by atoms with Crippen LogP contribution in [0.3, 0.4) is 0 Å². The minimum absolute atomic E-state index is 0.109. The first kappa shape index (κ1) is 17.2. The first-order chi connectivity index (χ1) is 11.2. The summed E-state index contributed by atoms with van der Waals surface area (Å²) in [5, 5.41) is 0. The molecule has 1 amide bonds. The van der Waals surface area contributed by atoms with Crippen molar-refractivity contribution in [3.05, 3.63) is 71.8 Å². The molecule has 0 aliphatic carbocycles. The summed E-state index contributed by atoms with van der Waals surface area (Å²) in [6, 6.07) is 20.2. The molecule has 2 rings (SSSR count). The Morgan fingerprint density at radius 1 is 0.913 bits per heavy atom. The van der Waals surface area contributed by atoms with E-state index in [1.807, 2.05) is 55.6 Å². The zero-order valence-corrected chi connectivity index (χ0v) is 13.7. The van der Waals surface area contributed by atoms with Gasteiger partial charge in [0.15, 0.2) is 0 Å². The monoisotopic (exact) mass is 311 g/mol. The number of benzene rings is 2. The zero-order valence-electron chi connectivity index (χ0n) is 13.7. The Labute approximate surface area is 138 Å². The van der Waals surface area contributed by atoms with E-state index in [2.05, 4.69) is 17.0 Å². The van der Waals surface area contributed by atoms with Crippen LogP contribution in [-0.4, -0.2) is 42.4 Å². The molecule has 0 aliphatic heterocycles. The van der Waals surface area contributed by atoms with Crippen LogP contribution >= 0.6 is 0 Å². The molecule has 0 aromatic heterocycles. The Kier molecular flexibility index (Phi) is 6.78. The topological polar surface area (TPSA) is 49.6 Å². The van der Waals surface area contributed by atoms with Gasteiger partial charge in [-0.05, 0) is 11.1 Å². The van der Waals surface area contributed by atoms with E-state index >= 15 is 0 Å². The summed E-state index contributed by atoms with van der Waals surface area (Å²) in [6.07, 6.45) is 0. The first-order valence-corrected chi connectivity index (χ1v) is 7.93. The lowest BCUT2D eigenvalue weighted by atomic mass is 10.2. The molecule has 122 valence electrons. The molecule has 4 heteroatoms. The molecule has 0 heterocycles. The molecular formula is C19H25N3O. The van der Waals surface area contributed by atoms with Crippen molar-refractivity contribution in [3.63, 3.8) is 0 Å². The van der Waals surface area contributed by atoms with Gasteiger partial charge in [0.05, 0.1) is 6.54 Å². The van der Waals surface area contributed by atoms with Crippen LogP contribution in [0.15, 0.2) is 60.7 Å². The third-order valence-electron chi connectivity index (χ3n) is 3.74. The van der Waals surface area contributed by atoms with Crippen molar-refractivity contribution in [3.8, 4) is 0 Å². The van der Waals surface area contributed by atoms with Crippen molar-refractivity contribution in [2.24, 2.45) is 5.73 Å². The number of rotatable bonds is 8. The second-order valence-electron chi connectivity index (χ2n) is 5.72.